The molecule has 0 spiro atoms. The van der Waals surface area contributed by atoms with Crippen molar-refractivity contribution in [2.45, 2.75) is 19.8 Å². The number of carbonyl (C=O) groups is 1. The fourth-order valence-corrected chi connectivity index (χ4v) is 1.98. The first-order chi connectivity index (χ1) is 7.81. The topological polar surface area (TPSA) is 29.1 Å². The van der Waals surface area contributed by atoms with E-state index in [9.17, 15) is 4.79 Å². The molecule has 0 radical (unpaired) electrons. The summed E-state index contributed by atoms with van der Waals surface area (Å²) in [4.78, 5) is 11.6. The Balaban J connectivity index is 2.28. The van der Waals surface area contributed by atoms with E-state index in [2.05, 4.69) is 17.5 Å². The minimum absolute atomic E-state index is 0.219. The standard InChI is InChI=1S/C14H17NO/c1-2-14(16)13-5-3-4-12(10-13)11-6-8-15-9-7-11/h3-6,10,15H,2,7-9H2,1H3. The third kappa shape index (κ3) is 2.39. The summed E-state index contributed by atoms with van der Waals surface area (Å²) in [6.07, 6.45) is 3.83. The molecule has 0 aromatic heterocycles. The Bertz CT molecular complexity index is 420. The lowest BCUT2D eigenvalue weighted by atomic mass is 9.97. The Labute approximate surface area is 96.4 Å². The summed E-state index contributed by atoms with van der Waals surface area (Å²) < 4.78 is 0. The summed E-state index contributed by atoms with van der Waals surface area (Å²) in [7, 11) is 0. The van der Waals surface area contributed by atoms with Gasteiger partial charge in [0.25, 0.3) is 0 Å². The molecular weight excluding hydrogens is 198 g/mol. The van der Waals surface area contributed by atoms with E-state index in [0.717, 1.165) is 25.1 Å². The van der Waals surface area contributed by atoms with Crippen LogP contribution in [-0.4, -0.2) is 18.9 Å². The highest BCUT2D eigenvalue weighted by molar-refractivity contribution is 5.96. The highest BCUT2D eigenvalue weighted by Gasteiger charge is 2.08. The van der Waals surface area contributed by atoms with E-state index in [4.69, 9.17) is 0 Å². The van der Waals surface area contributed by atoms with Crippen LogP contribution in [0.25, 0.3) is 5.57 Å². The molecule has 0 amide bonds. The molecule has 0 bridgehead atoms. The van der Waals surface area contributed by atoms with Crippen molar-refractivity contribution in [2.24, 2.45) is 0 Å². The van der Waals surface area contributed by atoms with E-state index in [1.807, 2.05) is 25.1 Å². The minimum atomic E-state index is 0.219. The second-order valence-corrected chi connectivity index (χ2v) is 4.04. The maximum absolute atomic E-state index is 11.6. The zero-order valence-electron chi connectivity index (χ0n) is 9.62. The average Bonchev–Trinajstić information content (AvgIpc) is 2.39. The molecular formula is C14H17NO. The highest BCUT2D eigenvalue weighted by Crippen LogP contribution is 2.21. The number of carbonyl (C=O) groups excluding carboxylic acids is 1. The summed E-state index contributed by atoms with van der Waals surface area (Å²) in [5.41, 5.74) is 3.38. The van der Waals surface area contributed by atoms with Crippen molar-refractivity contribution in [3.05, 3.63) is 41.5 Å². The van der Waals surface area contributed by atoms with Crippen molar-refractivity contribution in [1.82, 2.24) is 5.32 Å². The molecule has 0 atom stereocenters. The number of hydrogen-bond acceptors (Lipinski definition) is 2. The van der Waals surface area contributed by atoms with Gasteiger partial charge in [0.1, 0.15) is 0 Å². The van der Waals surface area contributed by atoms with Gasteiger partial charge in [-0.2, -0.15) is 0 Å². The van der Waals surface area contributed by atoms with Crippen molar-refractivity contribution in [3.63, 3.8) is 0 Å². The fourth-order valence-electron chi connectivity index (χ4n) is 1.98. The van der Waals surface area contributed by atoms with Gasteiger partial charge in [-0.3, -0.25) is 4.79 Å². The Morgan fingerprint density at radius 2 is 2.31 bits per heavy atom. The monoisotopic (exact) mass is 215 g/mol. The molecule has 0 aliphatic carbocycles. The minimum Gasteiger partial charge on any atom is -0.313 e. The summed E-state index contributed by atoms with van der Waals surface area (Å²) in [6, 6.07) is 7.98. The van der Waals surface area contributed by atoms with Gasteiger partial charge in [-0.1, -0.05) is 31.2 Å². The van der Waals surface area contributed by atoms with Gasteiger partial charge in [-0.15, -0.1) is 0 Å². The predicted octanol–water partition coefficient (Wildman–Crippen LogP) is 2.66. The predicted molar refractivity (Wildman–Crippen MR) is 66.5 cm³/mol. The molecule has 1 aromatic rings. The van der Waals surface area contributed by atoms with Gasteiger partial charge in [-0.25, -0.2) is 0 Å². The number of hydrogen-bond donors (Lipinski definition) is 1. The molecule has 1 N–H and O–H groups in total. The van der Waals surface area contributed by atoms with E-state index < -0.39 is 0 Å². The first kappa shape index (κ1) is 11.1. The molecule has 1 aromatic carbocycles. The Kier molecular flexibility index (Phi) is 3.52. The van der Waals surface area contributed by atoms with Crippen molar-refractivity contribution in [3.8, 4) is 0 Å². The fraction of sp³-hybridized carbons (Fsp3) is 0.357. The van der Waals surface area contributed by atoms with Crippen LogP contribution in [0.15, 0.2) is 30.3 Å². The van der Waals surface area contributed by atoms with Gasteiger partial charge in [0, 0.05) is 18.5 Å². The van der Waals surface area contributed by atoms with Gasteiger partial charge in [0.05, 0.1) is 0 Å². The van der Waals surface area contributed by atoms with E-state index in [0.29, 0.717) is 6.42 Å². The molecule has 0 unspecified atom stereocenters. The molecule has 0 saturated carbocycles. The van der Waals surface area contributed by atoms with Gasteiger partial charge < -0.3 is 5.32 Å². The second kappa shape index (κ2) is 5.08. The number of benzene rings is 1. The normalized spacial score (nSPS) is 15.7. The van der Waals surface area contributed by atoms with Gasteiger partial charge in [-0.05, 0) is 30.2 Å². The zero-order valence-corrected chi connectivity index (χ0v) is 9.62. The molecule has 1 aliphatic heterocycles. The average molecular weight is 215 g/mol. The number of rotatable bonds is 3. The molecule has 2 heteroatoms. The third-order valence-electron chi connectivity index (χ3n) is 2.94. The molecule has 84 valence electrons. The van der Waals surface area contributed by atoms with E-state index in [-0.39, 0.29) is 5.78 Å². The first-order valence-corrected chi connectivity index (χ1v) is 5.84. The lowest BCUT2D eigenvalue weighted by Gasteiger charge is -2.14. The van der Waals surface area contributed by atoms with Crippen molar-refractivity contribution < 1.29 is 4.79 Å². The van der Waals surface area contributed by atoms with Crippen LogP contribution in [0.5, 0.6) is 0 Å². The van der Waals surface area contributed by atoms with Crippen molar-refractivity contribution in [1.29, 1.82) is 0 Å². The Morgan fingerprint density at radius 3 is 3.00 bits per heavy atom. The van der Waals surface area contributed by atoms with E-state index in [1.54, 1.807) is 0 Å². The molecule has 16 heavy (non-hydrogen) atoms. The van der Waals surface area contributed by atoms with E-state index in [1.165, 1.54) is 11.1 Å². The Hall–Kier alpha value is -1.41. The van der Waals surface area contributed by atoms with Crippen LogP contribution in [0.1, 0.15) is 35.7 Å². The molecule has 2 nitrogen and oxygen atoms in total. The summed E-state index contributed by atoms with van der Waals surface area (Å²) in [5.74, 6) is 0.219. The lowest BCUT2D eigenvalue weighted by Crippen LogP contribution is -2.20. The van der Waals surface area contributed by atoms with Crippen LogP contribution in [0, 0.1) is 0 Å². The Morgan fingerprint density at radius 1 is 1.44 bits per heavy atom. The lowest BCUT2D eigenvalue weighted by molar-refractivity contribution is 0.0988. The van der Waals surface area contributed by atoms with Crippen LogP contribution >= 0.6 is 0 Å². The maximum Gasteiger partial charge on any atom is 0.162 e. The molecule has 0 saturated heterocycles. The second-order valence-electron chi connectivity index (χ2n) is 4.04. The van der Waals surface area contributed by atoms with Gasteiger partial charge in [0.15, 0.2) is 5.78 Å². The summed E-state index contributed by atoms with van der Waals surface area (Å²) in [5, 5.41) is 3.29. The zero-order chi connectivity index (χ0) is 11.4. The number of Topliss-reactive ketones (excluding diaryl/α,β-unsaturated/α-hetero) is 1. The molecule has 1 heterocycles. The number of nitrogens with one attached hydrogen (secondary N) is 1. The first-order valence-electron chi connectivity index (χ1n) is 5.84. The van der Waals surface area contributed by atoms with Crippen LogP contribution in [0.3, 0.4) is 0 Å². The van der Waals surface area contributed by atoms with Crippen molar-refractivity contribution >= 4 is 11.4 Å². The summed E-state index contributed by atoms with van der Waals surface area (Å²) >= 11 is 0. The largest absolute Gasteiger partial charge is 0.313 e. The smallest absolute Gasteiger partial charge is 0.162 e. The molecule has 0 fully saturated rings. The SMILES string of the molecule is CCC(=O)c1cccc(C2=CCNCC2)c1. The quantitative estimate of drug-likeness (QED) is 0.785. The third-order valence-corrected chi connectivity index (χ3v) is 2.94. The van der Waals surface area contributed by atoms with Crippen LogP contribution < -0.4 is 5.32 Å². The van der Waals surface area contributed by atoms with Gasteiger partial charge in [0.2, 0.25) is 0 Å². The van der Waals surface area contributed by atoms with Crippen LogP contribution in [-0.2, 0) is 0 Å². The van der Waals surface area contributed by atoms with Crippen LogP contribution in [0.4, 0.5) is 0 Å². The maximum atomic E-state index is 11.6. The molecule has 2 rings (SSSR count). The summed E-state index contributed by atoms with van der Waals surface area (Å²) in [6.45, 7) is 3.86. The van der Waals surface area contributed by atoms with Gasteiger partial charge >= 0.3 is 0 Å². The number of ketones is 1. The van der Waals surface area contributed by atoms with E-state index >= 15 is 0 Å². The molecule has 1 aliphatic rings. The highest BCUT2D eigenvalue weighted by atomic mass is 16.1. The van der Waals surface area contributed by atoms with Crippen molar-refractivity contribution in [2.75, 3.05) is 13.1 Å². The van der Waals surface area contributed by atoms with Crippen LogP contribution in [0.2, 0.25) is 0 Å².